The van der Waals surface area contributed by atoms with E-state index in [4.69, 9.17) is 0 Å². The maximum atomic E-state index is 12.3. The fourth-order valence-electron chi connectivity index (χ4n) is 2.78. The largest absolute Gasteiger partial charge is 0.355 e. The molecule has 1 aliphatic heterocycles. The minimum atomic E-state index is -0.807. The maximum absolute atomic E-state index is 12.3. The highest BCUT2D eigenvalue weighted by atomic mass is 16.2. The van der Waals surface area contributed by atoms with Gasteiger partial charge in [-0.05, 0) is 32.1 Å². The van der Waals surface area contributed by atoms with Gasteiger partial charge in [0.25, 0.3) is 5.91 Å². The number of hydrogen-bond donors (Lipinski definition) is 2. The Morgan fingerprint density at radius 2 is 2.05 bits per heavy atom. The van der Waals surface area contributed by atoms with Gasteiger partial charge in [0.2, 0.25) is 5.91 Å². The highest BCUT2D eigenvalue weighted by molar-refractivity contribution is 6.09. The number of unbranched alkanes of at least 4 members (excludes halogenated alkanes) is 3. The zero-order valence-electron chi connectivity index (χ0n) is 12.9. The molecular weight excluding hydrogens is 270 g/mol. The standard InChI is InChI=1S/C15H25N3O3/c1-3-4-5-6-9-16-12(19)10-18-13(20)15(2,11-7-8-11)17-14(18)21/h11H,3-10H2,1-2H3,(H,16,19)(H,17,21). The monoisotopic (exact) mass is 295 g/mol. The van der Waals surface area contributed by atoms with Gasteiger partial charge < -0.3 is 10.6 Å². The van der Waals surface area contributed by atoms with Crippen LogP contribution in [0.25, 0.3) is 0 Å². The topological polar surface area (TPSA) is 78.5 Å². The summed E-state index contributed by atoms with van der Waals surface area (Å²) < 4.78 is 0. The lowest BCUT2D eigenvalue weighted by molar-refractivity contribution is -0.135. The van der Waals surface area contributed by atoms with Crippen LogP contribution in [-0.2, 0) is 9.59 Å². The van der Waals surface area contributed by atoms with Gasteiger partial charge in [0, 0.05) is 6.54 Å². The van der Waals surface area contributed by atoms with Crippen LogP contribution in [0.15, 0.2) is 0 Å². The van der Waals surface area contributed by atoms with Crippen molar-refractivity contribution in [2.75, 3.05) is 13.1 Å². The molecular formula is C15H25N3O3. The lowest BCUT2D eigenvalue weighted by Crippen LogP contribution is -2.47. The van der Waals surface area contributed by atoms with Gasteiger partial charge in [-0.25, -0.2) is 4.79 Å². The van der Waals surface area contributed by atoms with Gasteiger partial charge in [-0.3, -0.25) is 14.5 Å². The SMILES string of the molecule is CCCCCCNC(=O)CN1C(=O)NC(C)(C2CC2)C1=O. The van der Waals surface area contributed by atoms with E-state index < -0.39 is 11.6 Å². The first-order valence-electron chi connectivity index (χ1n) is 7.90. The third-order valence-corrected chi connectivity index (χ3v) is 4.35. The number of nitrogens with one attached hydrogen (secondary N) is 2. The van der Waals surface area contributed by atoms with E-state index in [9.17, 15) is 14.4 Å². The number of carbonyl (C=O) groups is 3. The third-order valence-electron chi connectivity index (χ3n) is 4.35. The molecule has 0 spiro atoms. The van der Waals surface area contributed by atoms with Crippen LogP contribution in [-0.4, -0.2) is 41.4 Å². The van der Waals surface area contributed by atoms with E-state index >= 15 is 0 Å². The zero-order chi connectivity index (χ0) is 15.5. The first-order chi connectivity index (χ1) is 9.99. The van der Waals surface area contributed by atoms with E-state index in [1.54, 1.807) is 6.92 Å². The molecule has 118 valence electrons. The Balaban J connectivity index is 1.78. The number of amides is 4. The summed E-state index contributed by atoms with van der Waals surface area (Å²) in [5.41, 5.74) is -0.807. The molecule has 2 fully saturated rings. The molecule has 21 heavy (non-hydrogen) atoms. The van der Waals surface area contributed by atoms with Gasteiger partial charge in [0.15, 0.2) is 0 Å². The number of carbonyl (C=O) groups excluding carboxylic acids is 3. The second kappa shape index (κ2) is 6.45. The molecule has 6 heteroatoms. The van der Waals surface area contributed by atoms with E-state index in [-0.39, 0.29) is 24.3 Å². The van der Waals surface area contributed by atoms with Gasteiger partial charge in [-0.2, -0.15) is 0 Å². The Labute approximate surface area is 125 Å². The van der Waals surface area contributed by atoms with Crippen molar-refractivity contribution in [3.8, 4) is 0 Å². The first kappa shape index (κ1) is 15.8. The average molecular weight is 295 g/mol. The summed E-state index contributed by atoms with van der Waals surface area (Å²) in [4.78, 5) is 37.1. The van der Waals surface area contributed by atoms with E-state index in [1.807, 2.05) is 0 Å². The minimum absolute atomic E-state index is 0.180. The normalized spacial score (nSPS) is 25.1. The van der Waals surface area contributed by atoms with Crippen LogP contribution in [0.1, 0.15) is 52.4 Å². The molecule has 0 aromatic rings. The molecule has 1 unspecified atom stereocenters. The summed E-state index contributed by atoms with van der Waals surface area (Å²) in [6, 6.07) is -0.449. The number of hydrogen-bond acceptors (Lipinski definition) is 3. The molecule has 0 aromatic carbocycles. The lowest BCUT2D eigenvalue weighted by atomic mass is 9.96. The Morgan fingerprint density at radius 3 is 2.67 bits per heavy atom. The number of rotatable bonds is 8. The molecule has 1 aliphatic carbocycles. The van der Waals surface area contributed by atoms with Gasteiger partial charge in [-0.1, -0.05) is 26.2 Å². The minimum Gasteiger partial charge on any atom is -0.355 e. The average Bonchev–Trinajstić information content (AvgIpc) is 3.25. The quantitative estimate of drug-likeness (QED) is 0.525. The highest BCUT2D eigenvalue weighted by Gasteiger charge is 2.56. The van der Waals surface area contributed by atoms with Crippen LogP contribution in [0.5, 0.6) is 0 Å². The highest BCUT2D eigenvalue weighted by Crippen LogP contribution is 2.42. The molecule has 0 aromatic heterocycles. The van der Waals surface area contributed by atoms with E-state index in [1.165, 1.54) is 0 Å². The molecule has 6 nitrogen and oxygen atoms in total. The molecule has 0 bridgehead atoms. The van der Waals surface area contributed by atoms with Gasteiger partial charge in [0.05, 0.1) is 0 Å². The Kier molecular flexibility index (Phi) is 4.85. The molecule has 2 N–H and O–H groups in total. The summed E-state index contributed by atoms with van der Waals surface area (Å²) in [5.74, 6) is -0.317. The maximum Gasteiger partial charge on any atom is 0.325 e. The van der Waals surface area contributed by atoms with Crippen molar-refractivity contribution < 1.29 is 14.4 Å². The van der Waals surface area contributed by atoms with E-state index in [2.05, 4.69) is 17.6 Å². The molecule has 2 rings (SSSR count). The van der Waals surface area contributed by atoms with Gasteiger partial charge in [0.1, 0.15) is 12.1 Å². The molecule has 1 saturated carbocycles. The second-order valence-electron chi connectivity index (χ2n) is 6.21. The predicted octanol–water partition coefficient (Wildman–Crippen LogP) is 1.40. The van der Waals surface area contributed by atoms with Crippen molar-refractivity contribution >= 4 is 17.8 Å². The van der Waals surface area contributed by atoms with Crippen molar-refractivity contribution in [3.05, 3.63) is 0 Å². The molecule has 1 heterocycles. The van der Waals surface area contributed by atoms with Gasteiger partial charge in [-0.15, -0.1) is 0 Å². The summed E-state index contributed by atoms with van der Waals surface area (Å²) in [6.45, 7) is 4.31. The summed E-state index contributed by atoms with van der Waals surface area (Å²) in [6.07, 6.45) is 6.23. The van der Waals surface area contributed by atoms with Crippen LogP contribution in [0.2, 0.25) is 0 Å². The zero-order valence-corrected chi connectivity index (χ0v) is 12.9. The molecule has 1 saturated heterocycles. The molecule has 1 atom stereocenters. The van der Waals surface area contributed by atoms with E-state index in [0.717, 1.165) is 43.4 Å². The third kappa shape index (κ3) is 3.54. The van der Waals surface area contributed by atoms with Crippen molar-refractivity contribution in [2.24, 2.45) is 5.92 Å². The molecule has 0 radical (unpaired) electrons. The van der Waals surface area contributed by atoms with Crippen molar-refractivity contribution in [3.63, 3.8) is 0 Å². The fourth-order valence-corrected chi connectivity index (χ4v) is 2.78. The van der Waals surface area contributed by atoms with Crippen molar-refractivity contribution in [1.29, 1.82) is 0 Å². The van der Waals surface area contributed by atoms with Crippen molar-refractivity contribution in [1.82, 2.24) is 15.5 Å². The first-order valence-corrected chi connectivity index (χ1v) is 7.90. The number of nitrogens with zero attached hydrogens (tertiary/aromatic N) is 1. The lowest BCUT2D eigenvalue weighted by Gasteiger charge is -2.20. The molecule has 2 aliphatic rings. The van der Waals surface area contributed by atoms with Crippen LogP contribution in [0.3, 0.4) is 0 Å². The summed E-state index contributed by atoms with van der Waals surface area (Å²) >= 11 is 0. The Bertz CT molecular complexity index is 434. The van der Waals surface area contributed by atoms with Crippen LogP contribution in [0, 0.1) is 5.92 Å². The van der Waals surface area contributed by atoms with Crippen LogP contribution >= 0.6 is 0 Å². The van der Waals surface area contributed by atoms with Crippen LogP contribution < -0.4 is 10.6 Å². The predicted molar refractivity (Wildman–Crippen MR) is 78.5 cm³/mol. The van der Waals surface area contributed by atoms with Crippen molar-refractivity contribution in [2.45, 2.75) is 57.9 Å². The van der Waals surface area contributed by atoms with E-state index in [0.29, 0.717) is 6.54 Å². The number of urea groups is 1. The van der Waals surface area contributed by atoms with Gasteiger partial charge >= 0.3 is 6.03 Å². The van der Waals surface area contributed by atoms with Crippen LogP contribution in [0.4, 0.5) is 4.79 Å². The summed E-state index contributed by atoms with van der Waals surface area (Å²) in [5, 5.41) is 5.51. The Hall–Kier alpha value is -1.59. The second-order valence-corrected chi connectivity index (χ2v) is 6.21. The summed E-state index contributed by atoms with van der Waals surface area (Å²) in [7, 11) is 0. The molecule has 4 amide bonds. The Morgan fingerprint density at radius 1 is 1.33 bits per heavy atom. The smallest absolute Gasteiger partial charge is 0.325 e. The fraction of sp³-hybridized carbons (Fsp3) is 0.800. The number of imide groups is 1.